The number of hydrogen-bond donors (Lipinski definition) is 1. The number of aliphatic hydroxyl groups is 1. The van der Waals surface area contributed by atoms with E-state index in [2.05, 4.69) is 4.74 Å². The van der Waals surface area contributed by atoms with Crippen LogP contribution in [0.15, 0.2) is 24.3 Å². The van der Waals surface area contributed by atoms with Gasteiger partial charge in [-0.25, -0.2) is 12.8 Å². The average molecular weight is 290 g/mol. The minimum Gasteiger partial charge on any atom is -0.465 e. The van der Waals surface area contributed by atoms with Crippen molar-refractivity contribution in [1.82, 2.24) is 0 Å². The predicted molar refractivity (Wildman–Crippen MR) is 66.6 cm³/mol. The molecule has 5 nitrogen and oxygen atoms in total. The summed E-state index contributed by atoms with van der Waals surface area (Å²) in [5.41, 5.74) is 0.272. The van der Waals surface area contributed by atoms with Gasteiger partial charge in [-0.2, -0.15) is 0 Å². The fourth-order valence-corrected chi connectivity index (χ4v) is 2.70. The zero-order valence-corrected chi connectivity index (χ0v) is 11.2. The summed E-state index contributed by atoms with van der Waals surface area (Å²) in [4.78, 5) is 11.1. The van der Waals surface area contributed by atoms with E-state index in [9.17, 15) is 22.7 Å². The van der Waals surface area contributed by atoms with E-state index in [0.717, 1.165) is 12.1 Å². The van der Waals surface area contributed by atoms with Gasteiger partial charge < -0.3 is 9.84 Å². The molecule has 0 bridgehead atoms. The molecule has 0 saturated carbocycles. The van der Waals surface area contributed by atoms with E-state index in [-0.39, 0.29) is 12.2 Å². The van der Waals surface area contributed by atoms with E-state index in [0.29, 0.717) is 0 Å². The topological polar surface area (TPSA) is 80.7 Å². The van der Waals surface area contributed by atoms with Gasteiger partial charge in [0.05, 0.1) is 18.5 Å². The highest BCUT2D eigenvalue weighted by atomic mass is 32.2. The van der Waals surface area contributed by atoms with E-state index in [1.54, 1.807) is 6.92 Å². The van der Waals surface area contributed by atoms with Gasteiger partial charge in [0.1, 0.15) is 11.6 Å². The number of benzene rings is 1. The maximum Gasteiger partial charge on any atom is 0.321 e. The Balaban J connectivity index is 2.67. The molecule has 0 amide bonds. The lowest BCUT2D eigenvalue weighted by atomic mass is 10.1. The van der Waals surface area contributed by atoms with E-state index in [1.807, 2.05) is 0 Å². The summed E-state index contributed by atoms with van der Waals surface area (Å²) in [6.45, 7) is 1.66. The van der Waals surface area contributed by atoms with Gasteiger partial charge >= 0.3 is 5.97 Å². The molecule has 7 heteroatoms. The first-order valence-corrected chi connectivity index (χ1v) is 7.46. The first kappa shape index (κ1) is 15.6. The molecule has 1 N–H and O–H groups in total. The molecule has 0 aromatic heterocycles. The molecule has 0 spiro atoms. The molecule has 106 valence electrons. The summed E-state index contributed by atoms with van der Waals surface area (Å²) in [6, 6.07) is 4.83. The van der Waals surface area contributed by atoms with Gasteiger partial charge in [0, 0.05) is 0 Å². The molecule has 0 heterocycles. The predicted octanol–water partition coefficient (Wildman–Crippen LogP) is 0.837. The van der Waals surface area contributed by atoms with Crippen LogP contribution in [-0.2, 0) is 19.4 Å². The van der Waals surface area contributed by atoms with Crippen LogP contribution in [0.5, 0.6) is 0 Å². The molecule has 0 aliphatic carbocycles. The van der Waals surface area contributed by atoms with Gasteiger partial charge in [0.2, 0.25) is 0 Å². The van der Waals surface area contributed by atoms with E-state index in [4.69, 9.17) is 0 Å². The molecule has 1 rings (SSSR count). The maximum atomic E-state index is 12.7. The van der Waals surface area contributed by atoms with Crippen LogP contribution in [0.2, 0.25) is 0 Å². The second-order valence-electron chi connectivity index (χ2n) is 3.93. The third-order valence-electron chi connectivity index (χ3n) is 2.31. The van der Waals surface area contributed by atoms with Crippen LogP contribution in [-0.4, -0.2) is 37.6 Å². The molecule has 0 radical (unpaired) electrons. The van der Waals surface area contributed by atoms with Crippen LogP contribution < -0.4 is 0 Å². The second kappa shape index (κ2) is 6.63. The molecule has 1 atom stereocenters. The van der Waals surface area contributed by atoms with Gasteiger partial charge in [-0.15, -0.1) is 0 Å². The Morgan fingerprint density at radius 3 is 2.47 bits per heavy atom. The molecule has 0 aliphatic heterocycles. The molecule has 0 unspecified atom stereocenters. The fraction of sp³-hybridized carbons (Fsp3) is 0.417. The number of carbonyl (C=O) groups is 1. The smallest absolute Gasteiger partial charge is 0.321 e. The van der Waals surface area contributed by atoms with Crippen molar-refractivity contribution in [1.29, 1.82) is 0 Å². The zero-order valence-electron chi connectivity index (χ0n) is 10.4. The summed E-state index contributed by atoms with van der Waals surface area (Å²) in [5, 5.41) is 9.74. The highest BCUT2D eigenvalue weighted by Crippen LogP contribution is 2.16. The van der Waals surface area contributed by atoms with E-state index in [1.165, 1.54) is 12.1 Å². The molecule has 1 aromatic carbocycles. The van der Waals surface area contributed by atoms with Gasteiger partial charge in [0.15, 0.2) is 9.84 Å². The standard InChI is InChI=1S/C12H15FO5S/c1-2-18-12(15)8-19(16,17)7-11(14)9-3-5-10(13)6-4-9/h3-6,11,14H,2,7-8H2,1H3/t11-/m1/s1. The van der Waals surface area contributed by atoms with Crippen molar-refractivity contribution in [2.75, 3.05) is 18.1 Å². The largest absolute Gasteiger partial charge is 0.465 e. The minimum atomic E-state index is -3.78. The number of ether oxygens (including phenoxy) is 1. The number of halogens is 1. The highest BCUT2D eigenvalue weighted by Gasteiger charge is 2.22. The van der Waals surface area contributed by atoms with Gasteiger partial charge in [-0.1, -0.05) is 12.1 Å². The highest BCUT2D eigenvalue weighted by molar-refractivity contribution is 7.92. The molecule has 0 saturated heterocycles. The normalized spacial score (nSPS) is 13.0. The molecule has 0 aliphatic rings. The van der Waals surface area contributed by atoms with Crippen LogP contribution in [0, 0.1) is 5.82 Å². The number of carbonyl (C=O) groups excluding carboxylic acids is 1. The molecule has 1 aromatic rings. The summed E-state index contributed by atoms with van der Waals surface area (Å²) >= 11 is 0. The van der Waals surface area contributed by atoms with Gasteiger partial charge in [-0.05, 0) is 24.6 Å². The lowest BCUT2D eigenvalue weighted by molar-refractivity contribution is -0.139. The third kappa shape index (κ3) is 5.35. The Kier molecular flexibility index (Phi) is 5.44. The van der Waals surface area contributed by atoms with E-state index >= 15 is 0 Å². The summed E-state index contributed by atoms with van der Waals surface area (Å²) < 4.78 is 40.5. The quantitative estimate of drug-likeness (QED) is 0.785. The van der Waals surface area contributed by atoms with Crippen LogP contribution in [0.1, 0.15) is 18.6 Å². The Morgan fingerprint density at radius 2 is 1.95 bits per heavy atom. The average Bonchev–Trinajstić information content (AvgIpc) is 2.28. The van der Waals surface area contributed by atoms with Gasteiger partial charge in [-0.3, -0.25) is 4.79 Å². The van der Waals surface area contributed by atoms with Crippen molar-refractivity contribution in [3.05, 3.63) is 35.6 Å². The number of rotatable bonds is 6. The van der Waals surface area contributed by atoms with E-state index < -0.39 is 39.2 Å². The van der Waals surface area contributed by atoms with Crippen LogP contribution in [0.4, 0.5) is 4.39 Å². The Bertz CT molecular complexity index is 524. The minimum absolute atomic E-state index is 0.0921. The van der Waals surface area contributed by atoms with Crippen molar-refractivity contribution in [2.45, 2.75) is 13.0 Å². The van der Waals surface area contributed by atoms with Crippen LogP contribution in [0.25, 0.3) is 0 Å². The van der Waals surface area contributed by atoms with Crippen LogP contribution >= 0.6 is 0 Å². The fourth-order valence-electron chi connectivity index (χ4n) is 1.46. The molecule has 19 heavy (non-hydrogen) atoms. The Hall–Kier alpha value is -1.47. The maximum absolute atomic E-state index is 12.7. The zero-order chi connectivity index (χ0) is 14.5. The van der Waals surface area contributed by atoms with Crippen molar-refractivity contribution in [3.63, 3.8) is 0 Å². The summed E-state index contributed by atoms with van der Waals surface area (Å²) in [5.74, 6) is -2.73. The third-order valence-corrected chi connectivity index (χ3v) is 3.81. The second-order valence-corrected chi connectivity index (χ2v) is 6.04. The Labute approximate surface area is 110 Å². The van der Waals surface area contributed by atoms with Crippen molar-refractivity contribution in [3.8, 4) is 0 Å². The summed E-state index contributed by atoms with van der Waals surface area (Å²) in [7, 11) is -3.78. The number of aliphatic hydroxyl groups excluding tert-OH is 1. The monoisotopic (exact) mass is 290 g/mol. The number of esters is 1. The van der Waals surface area contributed by atoms with Crippen molar-refractivity contribution >= 4 is 15.8 Å². The first-order valence-electron chi connectivity index (χ1n) is 5.63. The number of hydrogen-bond acceptors (Lipinski definition) is 5. The first-order chi connectivity index (χ1) is 8.84. The summed E-state index contributed by atoms with van der Waals surface area (Å²) in [6.07, 6.45) is -1.31. The lowest BCUT2D eigenvalue weighted by Gasteiger charge is -2.11. The van der Waals surface area contributed by atoms with Crippen LogP contribution in [0.3, 0.4) is 0 Å². The number of sulfone groups is 1. The van der Waals surface area contributed by atoms with Crippen molar-refractivity contribution in [2.24, 2.45) is 0 Å². The Morgan fingerprint density at radius 1 is 1.37 bits per heavy atom. The molecular weight excluding hydrogens is 275 g/mol. The SMILES string of the molecule is CCOC(=O)CS(=O)(=O)C[C@@H](O)c1ccc(F)cc1. The van der Waals surface area contributed by atoms with Crippen molar-refractivity contribution < 1.29 is 27.4 Å². The van der Waals surface area contributed by atoms with Gasteiger partial charge in [0.25, 0.3) is 0 Å². The molecule has 0 fully saturated rings. The molecular formula is C12H15FO5S. The lowest BCUT2D eigenvalue weighted by Crippen LogP contribution is -2.24.